The van der Waals surface area contributed by atoms with Gasteiger partial charge >= 0.3 is 0 Å². The second-order valence-corrected chi connectivity index (χ2v) is 8.69. The van der Waals surface area contributed by atoms with Crippen molar-refractivity contribution in [1.29, 1.82) is 0 Å². The Labute approximate surface area is 146 Å². The van der Waals surface area contributed by atoms with Gasteiger partial charge in [-0.05, 0) is 61.4 Å². The molecular weight excluding hydrogens is 294 g/mol. The molecule has 2 rings (SSSR count). The van der Waals surface area contributed by atoms with Gasteiger partial charge in [-0.2, -0.15) is 0 Å². The van der Waals surface area contributed by atoms with Crippen LogP contribution in [0.25, 0.3) is 0 Å². The number of nitrogens with one attached hydrogen (secondary N) is 1. The highest BCUT2D eigenvalue weighted by molar-refractivity contribution is 5.32. The van der Waals surface area contributed by atoms with Crippen LogP contribution in [0.2, 0.25) is 0 Å². The zero-order valence-electron chi connectivity index (χ0n) is 15.9. The predicted octanol–water partition coefficient (Wildman–Crippen LogP) is 5.36. The largest absolute Gasteiger partial charge is 0.508 e. The zero-order valence-corrected chi connectivity index (χ0v) is 15.9. The van der Waals surface area contributed by atoms with Gasteiger partial charge in [-0.15, -0.1) is 0 Å². The molecule has 1 unspecified atom stereocenters. The first-order valence-corrected chi connectivity index (χ1v) is 8.71. The molecule has 24 heavy (non-hydrogen) atoms. The Balaban J connectivity index is 2.27. The average Bonchev–Trinajstić information content (AvgIpc) is 2.47. The minimum Gasteiger partial charge on any atom is -0.508 e. The van der Waals surface area contributed by atoms with Gasteiger partial charge in [0.25, 0.3) is 0 Å². The summed E-state index contributed by atoms with van der Waals surface area (Å²) in [6.07, 6.45) is 0.895. The summed E-state index contributed by atoms with van der Waals surface area (Å²) in [7, 11) is 0. The SMILES string of the molecule is CC(C)(C)NC(Cc1ccc(O)cc1)c1ccc(C(C)(C)C)cc1. The lowest BCUT2D eigenvalue weighted by atomic mass is 9.85. The highest BCUT2D eigenvalue weighted by Crippen LogP contribution is 2.27. The van der Waals surface area contributed by atoms with Crippen molar-refractivity contribution >= 4 is 0 Å². The van der Waals surface area contributed by atoms with Gasteiger partial charge in [-0.3, -0.25) is 0 Å². The fourth-order valence-corrected chi connectivity index (χ4v) is 2.86. The Bertz CT molecular complexity index is 642. The molecular formula is C22H31NO. The molecule has 0 bridgehead atoms. The summed E-state index contributed by atoms with van der Waals surface area (Å²) in [5.41, 5.74) is 4.07. The topological polar surface area (TPSA) is 32.3 Å². The summed E-state index contributed by atoms with van der Waals surface area (Å²) in [6.45, 7) is 13.3. The normalized spacial score (nSPS) is 13.8. The van der Waals surface area contributed by atoms with E-state index in [0.29, 0.717) is 5.75 Å². The molecule has 0 aromatic heterocycles. The van der Waals surface area contributed by atoms with Crippen molar-refractivity contribution in [2.24, 2.45) is 0 Å². The van der Waals surface area contributed by atoms with Crippen molar-refractivity contribution in [3.8, 4) is 5.75 Å². The number of phenols is 1. The highest BCUT2D eigenvalue weighted by Gasteiger charge is 2.20. The Kier molecular flexibility index (Phi) is 5.39. The predicted molar refractivity (Wildman–Crippen MR) is 103 cm³/mol. The fourth-order valence-electron chi connectivity index (χ4n) is 2.86. The molecule has 130 valence electrons. The second-order valence-electron chi connectivity index (χ2n) is 8.69. The van der Waals surface area contributed by atoms with Gasteiger partial charge in [0.15, 0.2) is 0 Å². The van der Waals surface area contributed by atoms with E-state index in [1.54, 1.807) is 12.1 Å². The molecule has 2 aromatic rings. The van der Waals surface area contributed by atoms with E-state index in [-0.39, 0.29) is 17.0 Å². The first-order chi connectivity index (χ1) is 11.0. The van der Waals surface area contributed by atoms with E-state index >= 15 is 0 Å². The molecule has 1 atom stereocenters. The van der Waals surface area contributed by atoms with Crippen LogP contribution in [0.3, 0.4) is 0 Å². The molecule has 0 spiro atoms. The molecule has 0 saturated carbocycles. The van der Waals surface area contributed by atoms with Gasteiger partial charge in [0.2, 0.25) is 0 Å². The van der Waals surface area contributed by atoms with Crippen LogP contribution in [0.15, 0.2) is 48.5 Å². The van der Waals surface area contributed by atoms with E-state index in [0.717, 1.165) is 6.42 Å². The van der Waals surface area contributed by atoms with E-state index in [1.165, 1.54) is 16.7 Å². The Morgan fingerprint density at radius 3 is 1.83 bits per heavy atom. The molecule has 0 heterocycles. The molecule has 2 aromatic carbocycles. The van der Waals surface area contributed by atoms with Gasteiger partial charge in [0.1, 0.15) is 5.75 Å². The number of hydrogen-bond acceptors (Lipinski definition) is 2. The number of benzene rings is 2. The van der Waals surface area contributed by atoms with Gasteiger partial charge in [-0.1, -0.05) is 57.2 Å². The molecule has 0 radical (unpaired) electrons. The number of phenolic OH excluding ortho intramolecular Hbond substituents is 1. The van der Waals surface area contributed by atoms with Gasteiger partial charge in [-0.25, -0.2) is 0 Å². The maximum atomic E-state index is 9.49. The summed E-state index contributed by atoms with van der Waals surface area (Å²) in [4.78, 5) is 0. The molecule has 0 fully saturated rings. The number of aromatic hydroxyl groups is 1. The Morgan fingerprint density at radius 1 is 0.833 bits per heavy atom. The molecule has 0 aliphatic carbocycles. The maximum Gasteiger partial charge on any atom is 0.115 e. The zero-order chi connectivity index (χ0) is 18.0. The minimum atomic E-state index is 0.0320. The maximum absolute atomic E-state index is 9.49. The van der Waals surface area contributed by atoms with E-state index in [1.807, 2.05) is 12.1 Å². The Hall–Kier alpha value is -1.80. The van der Waals surface area contributed by atoms with Crippen LogP contribution in [-0.2, 0) is 11.8 Å². The van der Waals surface area contributed by atoms with Gasteiger partial charge in [0, 0.05) is 11.6 Å². The van der Waals surface area contributed by atoms with Crippen LogP contribution in [0.5, 0.6) is 5.75 Å². The number of rotatable bonds is 4. The first kappa shape index (κ1) is 18.5. The summed E-state index contributed by atoms with van der Waals surface area (Å²) in [6, 6.07) is 16.7. The molecule has 0 saturated heterocycles. The third kappa shape index (κ3) is 5.38. The molecule has 0 amide bonds. The van der Waals surface area contributed by atoms with Crippen molar-refractivity contribution < 1.29 is 5.11 Å². The lowest BCUT2D eigenvalue weighted by Gasteiger charge is -2.30. The minimum absolute atomic E-state index is 0.0320. The third-order valence-corrected chi connectivity index (χ3v) is 4.16. The molecule has 0 aliphatic heterocycles. The van der Waals surface area contributed by atoms with E-state index < -0.39 is 0 Å². The first-order valence-electron chi connectivity index (χ1n) is 8.71. The second kappa shape index (κ2) is 6.98. The van der Waals surface area contributed by atoms with E-state index in [9.17, 15) is 5.11 Å². The lowest BCUT2D eigenvalue weighted by molar-refractivity contribution is 0.361. The quantitative estimate of drug-likeness (QED) is 0.793. The van der Waals surface area contributed by atoms with Crippen LogP contribution < -0.4 is 5.32 Å². The average molecular weight is 325 g/mol. The number of hydrogen-bond donors (Lipinski definition) is 2. The summed E-state index contributed by atoms with van der Waals surface area (Å²) < 4.78 is 0. The lowest BCUT2D eigenvalue weighted by Crippen LogP contribution is -2.39. The highest BCUT2D eigenvalue weighted by atomic mass is 16.3. The molecule has 2 heteroatoms. The van der Waals surface area contributed by atoms with Crippen LogP contribution in [0.1, 0.15) is 64.3 Å². The van der Waals surface area contributed by atoms with E-state index in [4.69, 9.17) is 0 Å². The van der Waals surface area contributed by atoms with Gasteiger partial charge < -0.3 is 10.4 Å². The standard InChI is InChI=1S/C22H31NO/c1-21(2,3)18-11-9-17(10-12-18)20(23-22(4,5)6)15-16-7-13-19(24)14-8-16/h7-14,20,23-24H,15H2,1-6H3. The monoisotopic (exact) mass is 325 g/mol. The van der Waals surface area contributed by atoms with Crippen LogP contribution in [0, 0.1) is 0 Å². The van der Waals surface area contributed by atoms with E-state index in [2.05, 4.69) is 71.1 Å². The summed E-state index contributed by atoms with van der Waals surface area (Å²) in [5, 5.41) is 13.2. The Morgan fingerprint density at radius 2 is 1.38 bits per heavy atom. The van der Waals surface area contributed by atoms with Crippen molar-refractivity contribution in [3.05, 3.63) is 65.2 Å². The van der Waals surface area contributed by atoms with Crippen LogP contribution >= 0.6 is 0 Å². The molecule has 2 nitrogen and oxygen atoms in total. The summed E-state index contributed by atoms with van der Waals surface area (Å²) >= 11 is 0. The smallest absolute Gasteiger partial charge is 0.115 e. The van der Waals surface area contributed by atoms with Crippen molar-refractivity contribution in [2.45, 2.75) is 65.0 Å². The molecule has 0 aliphatic rings. The summed E-state index contributed by atoms with van der Waals surface area (Å²) in [5.74, 6) is 0.314. The molecule has 2 N–H and O–H groups in total. The van der Waals surface area contributed by atoms with Crippen molar-refractivity contribution in [3.63, 3.8) is 0 Å². The van der Waals surface area contributed by atoms with Gasteiger partial charge in [0.05, 0.1) is 0 Å². The fraction of sp³-hybridized carbons (Fsp3) is 0.455. The van der Waals surface area contributed by atoms with Crippen LogP contribution in [0.4, 0.5) is 0 Å². The van der Waals surface area contributed by atoms with Crippen molar-refractivity contribution in [2.75, 3.05) is 0 Å². The van der Waals surface area contributed by atoms with Crippen LogP contribution in [-0.4, -0.2) is 10.6 Å². The van der Waals surface area contributed by atoms with Crippen molar-refractivity contribution in [1.82, 2.24) is 5.32 Å². The third-order valence-electron chi connectivity index (χ3n) is 4.16.